The molecule has 1 atom stereocenters. The number of benzene rings is 5. The zero-order valence-corrected chi connectivity index (χ0v) is 26.7. The molecule has 1 aliphatic carbocycles. The lowest BCUT2D eigenvalue weighted by molar-refractivity contribution is 0.846. The van der Waals surface area contributed by atoms with Gasteiger partial charge < -0.3 is 9.13 Å². The van der Waals surface area contributed by atoms with E-state index in [4.69, 9.17) is 0 Å². The Kier molecular flexibility index (Phi) is 6.60. The Morgan fingerprint density at radius 1 is 0.640 bits per heavy atom. The Morgan fingerprint density at radius 2 is 1.36 bits per heavy atom. The predicted octanol–water partition coefficient (Wildman–Crippen LogP) is 10.2. The minimum Gasteiger partial charge on any atom is -0.309 e. The highest BCUT2D eigenvalue weighted by molar-refractivity contribution is 6.10. The summed E-state index contributed by atoms with van der Waals surface area (Å²) in [6, 6.07) is 51.7. The smallest absolute Gasteiger partial charge is 0.105 e. The quantitative estimate of drug-likeness (QED) is 0.193. The lowest BCUT2D eigenvalue weighted by atomic mass is 9.85. The molecule has 0 N–H and O–H groups in total. The summed E-state index contributed by atoms with van der Waals surface area (Å²) in [6.45, 7) is 0. The van der Waals surface area contributed by atoms with Crippen LogP contribution in [0.3, 0.4) is 0 Å². The maximum Gasteiger partial charge on any atom is 0.105 e. The molecule has 5 nitrogen and oxygen atoms in total. The molecule has 8 aromatic rings. The van der Waals surface area contributed by atoms with Crippen LogP contribution in [0.25, 0.3) is 60.6 Å². The van der Waals surface area contributed by atoms with Crippen LogP contribution in [-0.4, -0.2) is 9.13 Å². The third kappa shape index (κ3) is 4.40. The van der Waals surface area contributed by atoms with E-state index in [-0.39, 0.29) is 5.92 Å². The van der Waals surface area contributed by atoms with Crippen LogP contribution in [0.1, 0.15) is 40.2 Å². The van der Waals surface area contributed by atoms with Gasteiger partial charge in [0.05, 0.1) is 57.1 Å². The molecule has 0 saturated heterocycles. The molecule has 230 valence electrons. The molecule has 1 aliphatic rings. The Labute approximate surface area is 288 Å². The molecule has 0 radical (unpaired) electrons. The van der Waals surface area contributed by atoms with Crippen LogP contribution < -0.4 is 0 Å². The fourth-order valence-corrected chi connectivity index (χ4v) is 7.57. The van der Waals surface area contributed by atoms with E-state index >= 15 is 0 Å². The van der Waals surface area contributed by atoms with Crippen LogP contribution in [0.2, 0.25) is 0 Å². The van der Waals surface area contributed by atoms with Crippen molar-refractivity contribution < 1.29 is 0 Å². The van der Waals surface area contributed by atoms with Crippen molar-refractivity contribution in [2.24, 2.45) is 0 Å². The van der Waals surface area contributed by atoms with Crippen molar-refractivity contribution >= 4 is 49.2 Å². The highest BCUT2D eigenvalue weighted by Gasteiger charge is 2.22. The first kappa shape index (κ1) is 28.9. The molecule has 0 bridgehead atoms. The number of hydrogen-bond acceptors (Lipinski definition) is 3. The van der Waals surface area contributed by atoms with E-state index in [0.717, 1.165) is 78.1 Å². The first-order chi connectivity index (χ1) is 24.7. The highest BCUT2D eigenvalue weighted by Crippen LogP contribution is 2.40. The van der Waals surface area contributed by atoms with E-state index < -0.39 is 0 Å². The number of nitriles is 3. The van der Waals surface area contributed by atoms with E-state index in [0.29, 0.717) is 16.7 Å². The SMILES string of the molecule is N#Cc1ccc(C2C=C(c3cc(-n4c5ccccc5c5cc(C#N)ccc54)ccc3C#N)C=CC2)c(-n2c3c#cccc3c3ccccc32)c1. The van der Waals surface area contributed by atoms with Gasteiger partial charge in [-0.25, -0.2) is 0 Å². The molecule has 5 heteroatoms. The van der Waals surface area contributed by atoms with Crippen LogP contribution in [0.4, 0.5) is 0 Å². The number of fused-ring (bicyclic) bond motifs is 6. The molecule has 6 aromatic carbocycles. The summed E-state index contributed by atoms with van der Waals surface area (Å²) < 4.78 is 4.40. The molecule has 9 rings (SSSR count). The van der Waals surface area contributed by atoms with Gasteiger partial charge in [0.2, 0.25) is 0 Å². The summed E-state index contributed by atoms with van der Waals surface area (Å²) >= 11 is 0. The fourth-order valence-electron chi connectivity index (χ4n) is 7.57. The van der Waals surface area contributed by atoms with Crippen molar-refractivity contribution in [2.45, 2.75) is 12.3 Å². The molecule has 50 heavy (non-hydrogen) atoms. The number of nitrogens with zero attached hydrogens (tertiary/aromatic N) is 5. The van der Waals surface area contributed by atoms with Gasteiger partial charge in [-0.15, -0.1) is 0 Å². The third-order valence-electron chi connectivity index (χ3n) is 9.80. The molecular formula is C45H25N5. The summed E-state index contributed by atoms with van der Waals surface area (Å²) in [5, 5.41) is 34.1. The van der Waals surface area contributed by atoms with Gasteiger partial charge in [0.1, 0.15) is 5.52 Å². The summed E-state index contributed by atoms with van der Waals surface area (Å²) in [5.74, 6) is -0.0190. The number of para-hydroxylation sites is 2. The normalized spacial score (nSPS) is 13.9. The lowest BCUT2D eigenvalue weighted by Crippen LogP contribution is -2.07. The largest absolute Gasteiger partial charge is 0.309 e. The summed E-state index contributed by atoms with van der Waals surface area (Å²) in [7, 11) is 0. The minimum atomic E-state index is -0.0190. The van der Waals surface area contributed by atoms with Gasteiger partial charge >= 0.3 is 0 Å². The highest BCUT2D eigenvalue weighted by atomic mass is 15.0. The maximum absolute atomic E-state index is 10.3. The van der Waals surface area contributed by atoms with E-state index in [1.807, 2.05) is 72.8 Å². The molecule has 0 aliphatic heterocycles. The topological polar surface area (TPSA) is 81.2 Å². The standard InChI is InChI=1S/C45H25N5/c46-26-29-17-21-44-40(22-29)38-12-3-4-13-41(38)49(44)34-19-18-33(28-48)39(25-34)32-9-7-8-31(24-32)35-20-16-30(27-47)23-45(35)50-42-14-5-1-10-36(42)37-11-2-6-15-43(37)50/h1-5,7,9-14,16-25,31H,8H2. The van der Waals surface area contributed by atoms with Crippen LogP contribution in [0.15, 0.2) is 133 Å². The first-order valence-electron chi connectivity index (χ1n) is 16.4. The Balaban J connectivity index is 1.22. The van der Waals surface area contributed by atoms with Crippen LogP contribution in [0.5, 0.6) is 0 Å². The fraction of sp³-hybridized carbons (Fsp3) is 0.0444. The molecular weight excluding hydrogens is 611 g/mol. The third-order valence-corrected chi connectivity index (χ3v) is 9.80. The average molecular weight is 636 g/mol. The number of rotatable bonds is 4. The van der Waals surface area contributed by atoms with Gasteiger partial charge in [0, 0.05) is 38.7 Å². The second-order valence-electron chi connectivity index (χ2n) is 12.5. The number of allylic oxidation sites excluding steroid dienone is 4. The number of hydrogen-bond donors (Lipinski definition) is 0. The van der Waals surface area contributed by atoms with Gasteiger partial charge in [0.15, 0.2) is 0 Å². The lowest BCUT2D eigenvalue weighted by Gasteiger charge is -2.22. The molecule has 0 fully saturated rings. The van der Waals surface area contributed by atoms with Crippen molar-refractivity contribution in [2.75, 3.05) is 0 Å². The second-order valence-corrected chi connectivity index (χ2v) is 12.5. The Hall–Kier alpha value is -7.31. The van der Waals surface area contributed by atoms with Crippen molar-refractivity contribution in [3.8, 4) is 29.6 Å². The van der Waals surface area contributed by atoms with E-state index in [1.54, 1.807) is 0 Å². The monoisotopic (exact) mass is 635 g/mol. The number of aromatic nitrogens is 2. The second kappa shape index (κ2) is 11.4. The minimum absolute atomic E-state index is 0.0190. The van der Waals surface area contributed by atoms with Gasteiger partial charge in [-0.3, -0.25) is 0 Å². The van der Waals surface area contributed by atoms with Crippen molar-refractivity contribution in [3.05, 3.63) is 173 Å². The zero-order chi connectivity index (χ0) is 33.8. The summed E-state index contributed by atoms with van der Waals surface area (Å²) in [5.41, 5.74) is 10.5. The van der Waals surface area contributed by atoms with E-state index in [1.165, 1.54) is 0 Å². The van der Waals surface area contributed by atoms with Gasteiger partial charge in [-0.05, 0) is 96.4 Å². The van der Waals surface area contributed by atoms with Gasteiger partial charge in [0.25, 0.3) is 0 Å². The van der Waals surface area contributed by atoms with Crippen molar-refractivity contribution in [3.63, 3.8) is 0 Å². The van der Waals surface area contributed by atoms with Gasteiger partial charge in [-0.1, -0.05) is 66.8 Å². The Bertz CT molecular complexity index is 2840. The van der Waals surface area contributed by atoms with E-state index in [2.05, 4.69) is 100 Å². The van der Waals surface area contributed by atoms with Crippen molar-refractivity contribution in [1.29, 1.82) is 15.8 Å². The van der Waals surface area contributed by atoms with Crippen LogP contribution in [0, 0.1) is 46.1 Å². The molecule has 1 unspecified atom stereocenters. The summed E-state index contributed by atoms with van der Waals surface area (Å²) in [4.78, 5) is 0. The average Bonchev–Trinajstić information content (AvgIpc) is 3.70. The molecule has 2 aromatic heterocycles. The Morgan fingerprint density at radius 3 is 2.16 bits per heavy atom. The molecule has 0 saturated carbocycles. The molecule has 0 amide bonds. The van der Waals surface area contributed by atoms with Crippen LogP contribution >= 0.6 is 0 Å². The molecule has 2 heterocycles. The van der Waals surface area contributed by atoms with E-state index in [9.17, 15) is 15.8 Å². The van der Waals surface area contributed by atoms with Crippen LogP contribution in [-0.2, 0) is 0 Å². The zero-order valence-electron chi connectivity index (χ0n) is 26.7. The maximum atomic E-state index is 10.3. The van der Waals surface area contributed by atoms with Gasteiger partial charge in [-0.2, -0.15) is 15.8 Å². The molecule has 0 spiro atoms. The predicted molar refractivity (Wildman–Crippen MR) is 198 cm³/mol. The first-order valence-corrected chi connectivity index (χ1v) is 16.4. The summed E-state index contributed by atoms with van der Waals surface area (Å²) in [6.07, 6.45) is 7.30. The van der Waals surface area contributed by atoms with Crippen molar-refractivity contribution in [1.82, 2.24) is 9.13 Å².